The van der Waals surface area contributed by atoms with Crippen molar-refractivity contribution in [3.8, 4) is 0 Å². The normalized spacial score (nSPS) is 32.4. The number of rotatable bonds is 3. The van der Waals surface area contributed by atoms with Crippen LogP contribution in [0.5, 0.6) is 0 Å². The van der Waals surface area contributed by atoms with Crippen LogP contribution in [-0.4, -0.2) is 31.2 Å². The molecule has 1 heterocycles. The van der Waals surface area contributed by atoms with E-state index in [1.165, 1.54) is 0 Å². The maximum Gasteiger partial charge on any atom is 0.102 e. The summed E-state index contributed by atoms with van der Waals surface area (Å²) in [4.78, 5) is 2.08. The van der Waals surface area contributed by atoms with Crippen LogP contribution in [0.25, 0.3) is 0 Å². The fourth-order valence-electron chi connectivity index (χ4n) is 2.09. The predicted molar refractivity (Wildman–Crippen MR) is 54.6 cm³/mol. The summed E-state index contributed by atoms with van der Waals surface area (Å²) in [5.41, 5.74) is 0.789. The van der Waals surface area contributed by atoms with Gasteiger partial charge in [0.25, 0.3) is 0 Å². The largest absolute Gasteiger partial charge is 0.300 e. The molecule has 1 aliphatic rings. The van der Waals surface area contributed by atoms with Gasteiger partial charge in [0.05, 0.1) is 6.33 Å². The summed E-state index contributed by atoms with van der Waals surface area (Å²) < 4.78 is 24.8. The molecule has 1 atom stereocenters. The van der Waals surface area contributed by atoms with Gasteiger partial charge >= 0.3 is 0 Å². The van der Waals surface area contributed by atoms with Crippen LogP contribution in [0.1, 0.15) is 26.7 Å². The van der Waals surface area contributed by atoms with Gasteiger partial charge in [-0.25, -0.2) is 8.78 Å². The highest BCUT2D eigenvalue weighted by molar-refractivity contribution is 5.14. The van der Waals surface area contributed by atoms with E-state index in [0.29, 0.717) is 6.54 Å². The van der Waals surface area contributed by atoms with Crippen molar-refractivity contribution in [3.05, 3.63) is 11.9 Å². The zero-order chi connectivity index (χ0) is 10.6. The van der Waals surface area contributed by atoms with E-state index in [2.05, 4.69) is 18.7 Å². The molecule has 0 aromatic heterocycles. The summed E-state index contributed by atoms with van der Waals surface area (Å²) in [6, 6.07) is 0. The van der Waals surface area contributed by atoms with Crippen molar-refractivity contribution in [1.82, 2.24) is 4.90 Å². The average Bonchev–Trinajstić information content (AvgIpc) is 2.19. The number of piperidine rings is 1. The molecule has 0 amide bonds. The molecule has 0 spiro atoms. The summed E-state index contributed by atoms with van der Waals surface area (Å²) in [6.07, 6.45) is 2.39. The molecule has 1 aliphatic heterocycles. The first-order valence-corrected chi connectivity index (χ1v) is 5.24. The first kappa shape index (κ1) is 11.6. The maximum atomic E-state index is 12.6. The highest BCUT2D eigenvalue weighted by Gasteiger charge is 2.33. The molecule has 1 fully saturated rings. The summed E-state index contributed by atoms with van der Waals surface area (Å²) in [5.74, 6) is 0. The van der Waals surface area contributed by atoms with E-state index < -0.39 is 0 Å². The summed E-state index contributed by atoms with van der Waals surface area (Å²) in [7, 11) is 0. The van der Waals surface area contributed by atoms with Crippen LogP contribution in [-0.2, 0) is 0 Å². The first-order valence-electron chi connectivity index (χ1n) is 5.24. The van der Waals surface area contributed by atoms with Crippen molar-refractivity contribution in [2.24, 2.45) is 5.41 Å². The third-order valence-electron chi connectivity index (χ3n) is 3.36. The lowest BCUT2D eigenvalue weighted by molar-refractivity contribution is 0.139. The summed E-state index contributed by atoms with van der Waals surface area (Å²) in [6.45, 7) is 5.85. The monoisotopic (exact) mass is 203 g/mol. The molecule has 14 heavy (non-hydrogen) atoms. The number of halogens is 2. The fourth-order valence-corrected chi connectivity index (χ4v) is 2.09. The van der Waals surface area contributed by atoms with Gasteiger partial charge in [0.2, 0.25) is 0 Å². The van der Waals surface area contributed by atoms with Crippen LogP contribution < -0.4 is 0 Å². The summed E-state index contributed by atoms with van der Waals surface area (Å²) in [5, 5.41) is 0. The Morgan fingerprint density at radius 2 is 2.29 bits per heavy atom. The molecule has 1 rings (SSSR count). The molecule has 0 aliphatic carbocycles. The molecule has 0 saturated carbocycles. The third-order valence-corrected chi connectivity index (χ3v) is 3.36. The Labute approximate surface area is 84.8 Å². The second kappa shape index (κ2) is 4.87. The van der Waals surface area contributed by atoms with Crippen LogP contribution in [0.4, 0.5) is 8.78 Å². The Balaban J connectivity index is 2.67. The SMILES string of the molecule is CC[C@]1(C)CN(CCF)CC/C1=C\F. The zero-order valence-corrected chi connectivity index (χ0v) is 9.02. The van der Waals surface area contributed by atoms with Crippen molar-refractivity contribution < 1.29 is 8.78 Å². The number of hydrogen-bond acceptors (Lipinski definition) is 1. The smallest absolute Gasteiger partial charge is 0.102 e. The minimum Gasteiger partial charge on any atom is -0.300 e. The van der Waals surface area contributed by atoms with E-state index in [-0.39, 0.29) is 12.1 Å². The molecular weight excluding hydrogens is 184 g/mol. The van der Waals surface area contributed by atoms with Crippen LogP contribution in [0.15, 0.2) is 11.9 Å². The topological polar surface area (TPSA) is 3.24 Å². The maximum absolute atomic E-state index is 12.6. The Morgan fingerprint density at radius 1 is 1.57 bits per heavy atom. The highest BCUT2D eigenvalue weighted by atomic mass is 19.1. The Hall–Kier alpha value is -0.440. The quantitative estimate of drug-likeness (QED) is 0.681. The molecule has 0 N–H and O–H groups in total. The fraction of sp³-hybridized carbons (Fsp3) is 0.818. The lowest BCUT2D eigenvalue weighted by atomic mass is 9.76. The molecular formula is C11H19F2N. The van der Waals surface area contributed by atoms with E-state index in [9.17, 15) is 8.78 Å². The van der Waals surface area contributed by atoms with Gasteiger partial charge in [-0.2, -0.15) is 0 Å². The Bertz CT molecular complexity index is 215. The molecule has 82 valence electrons. The number of alkyl halides is 1. The van der Waals surface area contributed by atoms with E-state index in [0.717, 1.165) is 37.8 Å². The lowest BCUT2D eigenvalue weighted by Gasteiger charge is -2.41. The van der Waals surface area contributed by atoms with Gasteiger partial charge < -0.3 is 0 Å². The second-order valence-electron chi connectivity index (χ2n) is 4.26. The van der Waals surface area contributed by atoms with Crippen molar-refractivity contribution in [2.75, 3.05) is 26.3 Å². The van der Waals surface area contributed by atoms with Crippen LogP contribution >= 0.6 is 0 Å². The average molecular weight is 203 g/mol. The van der Waals surface area contributed by atoms with Gasteiger partial charge in [0, 0.05) is 25.0 Å². The third kappa shape index (κ3) is 2.32. The zero-order valence-electron chi connectivity index (χ0n) is 9.02. The predicted octanol–water partition coefficient (Wildman–Crippen LogP) is 2.93. The second-order valence-corrected chi connectivity index (χ2v) is 4.26. The molecule has 1 nitrogen and oxygen atoms in total. The first-order chi connectivity index (χ1) is 6.66. The van der Waals surface area contributed by atoms with Crippen molar-refractivity contribution in [2.45, 2.75) is 26.7 Å². The molecule has 0 bridgehead atoms. The lowest BCUT2D eigenvalue weighted by Crippen LogP contribution is -2.43. The van der Waals surface area contributed by atoms with Crippen molar-refractivity contribution in [3.63, 3.8) is 0 Å². The van der Waals surface area contributed by atoms with Crippen LogP contribution in [0.2, 0.25) is 0 Å². The number of likely N-dealkylation sites (tertiary alicyclic amines) is 1. The molecule has 0 radical (unpaired) electrons. The molecule has 3 heteroatoms. The van der Waals surface area contributed by atoms with Gasteiger partial charge in [0.1, 0.15) is 6.67 Å². The molecule has 0 aromatic rings. The highest BCUT2D eigenvalue weighted by Crippen LogP contribution is 2.37. The van der Waals surface area contributed by atoms with Gasteiger partial charge in [-0.1, -0.05) is 13.8 Å². The molecule has 0 aromatic carbocycles. The van der Waals surface area contributed by atoms with Crippen molar-refractivity contribution in [1.29, 1.82) is 0 Å². The minimum absolute atomic E-state index is 0.0951. The Morgan fingerprint density at radius 3 is 2.79 bits per heavy atom. The summed E-state index contributed by atoms with van der Waals surface area (Å²) >= 11 is 0. The molecule has 1 saturated heterocycles. The minimum atomic E-state index is -0.311. The van der Waals surface area contributed by atoms with Gasteiger partial charge in [-0.15, -0.1) is 0 Å². The van der Waals surface area contributed by atoms with Crippen molar-refractivity contribution >= 4 is 0 Å². The van der Waals surface area contributed by atoms with Crippen LogP contribution in [0, 0.1) is 5.41 Å². The van der Waals surface area contributed by atoms with E-state index >= 15 is 0 Å². The Kier molecular flexibility index (Phi) is 4.05. The van der Waals surface area contributed by atoms with Crippen LogP contribution in [0.3, 0.4) is 0 Å². The number of nitrogens with zero attached hydrogens (tertiary/aromatic N) is 1. The molecule has 0 unspecified atom stereocenters. The van der Waals surface area contributed by atoms with E-state index in [1.54, 1.807) is 0 Å². The number of hydrogen-bond donors (Lipinski definition) is 0. The van der Waals surface area contributed by atoms with Gasteiger partial charge in [-0.05, 0) is 18.4 Å². The standard InChI is InChI=1S/C11H19F2N/c1-3-11(2)9-14(7-5-12)6-4-10(11)8-13/h8H,3-7,9H2,1-2H3/b10-8+/t11-/m1/s1. The van der Waals surface area contributed by atoms with Gasteiger partial charge in [-0.3, -0.25) is 4.90 Å². The van der Waals surface area contributed by atoms with E-state index in [4.69, 9.17) is 0 Å². The van der Waals surface area contributed by atoms with Gasteiger partial charge in [0.15, 0.2) is 0 Å². The van der Waals surface area contributed by atoms with E-state index in [1.807, 2.05) is 0 Å².